The van der Waals surface area contributed by atoms with Crippen LogP contribution in [0, 0.1) is 0 Å². The van der Waals surface area contributed by atoms with E-state index in [4.69, 9.17) is 9.72 Å². The van der Waals surface area contributed by atoms with Gasteiger partial charge < -0.3 is 15.4 Å². The lowest BCUT2D eigenvalue weighted by Gasteiger charge is -2.11. The molecular formula is C25H23N3O2S. The molecular weight excluding hydrogens is 406 g/mol. The van der Waals surface area contributed by atoms with Gasteiger partial charge in [-0.1, -0.05) is 54.6 Å². The van der Waals surface area contributed by atoms with E-state index < -0.39 is 0 Å². The van der Waals surface area contributed by atoms with E-state index in [2.05, 4.69) is 10.6 Å². The van der Waals surface area contributed by atoms with Gasteiger partial charge in [0.2, 0.25) is 0 Å². The third-order valence-electron chi connectivity index (χ3n) is 4.80. The Morgan fingerprint density at radius 1 is 0.968 bits per heavy atom. The van der Waals surface area contributed by atoms with Crippen LogP contribution < -0.4 is 15.4 Å². The highest BCUT2D eigenvalue weighted by atomic mass is 32.1. The van der Waals surface area contributed by atoms with Crippen molar-refractivity contribution in [2.45, 2.75) is 13.1 Å². The molecule has 1 amide bonds. The molecule has 0 aliphatic heterocycles. The number of para-hydroxylation sites is 1. The van der Waals surface area contributed by atoms with Crippen LogP contribution in [0.15, 0.2) is 84.2 Å². The van der Waals surface area contributed by atoms with Gasteiger partial charge in [0.25, 0.3) is 5.91 Å². The maximum absolute atomic E-state index is 12.7. The number of aromatic nitrogens is 1. The first-order valence-corrected chi connectivity index (χ1v) is 10.8. The second kappa shape index (κ2) is 9.91. The Hall–Kier alpha value is -3.64. The maximum atomic E-state index is 12.7. The average molecular weight is 430 g/mol. The van der Waals surface area contributed by atoms with Gasteiger partial charge in [-0.2, -0.15) is 0 Å². The molecule has 6 heteroatoms. The summed E-state index contributed by atoms with van der Waals surface area (Å²) in [6, 6.07) is 25.3. The summed E-state index contributed by atoms with van der Waals surface area (Å²) in [5, 5.41) is 9.30. The summed E-state index contributed by atoms with van der Waals surface area (Å²) < 4.78 is 5.30. The van der Waals surface area contributed by atoms with Gasteiger partial charge in [-0.3, -0.25) is 4.79 Å². The zero-order valence-electron chi connectivity index (χ0n) is 17.2. The SMILES string of the molecule is COc1cccc(-c2nc(CNc3ccccc3C(=O)NCc3ccccc3)cs2)c1. The number of ether oxygens (including phenoxy) is 1. The zero-order valence-corrected chi connectivity index (χ0v) is 18.0. The van der Waals surface area contributed by atoms with Crippen molar-refractivity contribution < 1.29 is 9.53 Å². The van der Waals surface area contributed by atoms with E-state index in [0.717, 1.165) is 33.3 Å². The minimum Gasteiger partial charge on any atom is -0.497 e. The summed E-state index contributed by atoms with van der Waals surface area (Å²) in [4.78, 5) is 17.4. The van der Waals surface area contributed by atoms with Gasteiger partial charge in [-0.05, 0) is 29.8 Å². The number of anilines is 1. The van der Waals surface area contributed by atoms with E-state index in [1.807, 2.05) is 84.2 Å². The van der Waals surface area contributed by atoms with Crippen LogP contribution in [-0.4, -0.2) is 18.0 Å². The molecule has 5 nitrogen and oxygen atoms in total. The highest BCUT2D eigenvalue weighted by Gasteiger charge is 2.12. The standard InChI is InChI=1S/C25H23N3O2S/c1-30-21-11-7-10-19(14-21)25-28-20(17-31-25)16-26-23-13-6-5-12-22(23)24(29)27-15-18-8-3-2-4-9-18/h2-14,17,26H,15-16H2,1H3,(H,27,29). The quantitative estimate of drug-likeness (QED) is 0.396. The Balaban J connectivity index is 1.41. The number of thiazole rings is 1. The molecule has 0 unspecified atom stereocenters. The zero-order chi connectivity index (χ0) is 21.5. The predicted octanol–water partition coefficient (Wildman–Crippen LogP) is 5.36. The van der Waals surface area contributed by atoms with Crippen LogP contribution in [0.25, 0.3) is 10.6 Å². The van der Waals surface area contributed by atoms with Crippen molar-refractivity contribution in [3.05, 3.63) is 101 Å². The van der Waals surface area contributed by atoms with Gasteiger partial charge in [0.15, 0.2) is 0 Å². The second-order valence-corrected chi connectivity index (χ2v) is 7.80. The summed E-state index contributed by atoms with van der Waals surface area (Å²) in [6.07, 6.45) is 0. The Morgan fingerprint density at radius 2 is 1.77 bits per heavy atom. The summed E-state index contributed by atoms with van der Waals surface area (Å²) in [7, 11) is 1.66. The second-order valence-electron chi connectivity index (χ2n) is 6.94. The van der Waals surface area contributed by atoms with Crippen LogP contribution >= 0.6 is 11.3 Å². The highest BCUT2D eigenvalue weighted by Crippen LogP contribution is 2.27. The molecule has 31 heavy (non-hydrogen) atoms. The van der Waals surface area contributed by atoms with Crippen LogP contribution in [0.3, 0.4) is 0 Å². The number of nitrogens with zero attached hydrogens (tertiary/aromatic N) is 1. The summed E-state index contributed by atoms with van der Waals surface area (Å²) >= 11 is 1.59. The predicted molar refractivity (Wildman–Crippen MR) is 125 cm³/mol. The number of carbonyl (C=O) groups is 1. The fourth-order valence-corrected chi connectivity index (χ4v) is 3.99. The Morgan fingerprint density at radius 3 is 2.61 bits per heavy atom. The smallest absolute Gasteiger partial charge is 0.253 e. The Kier molecular flexibility index (Phi) is 6.59. The van der Waals surface area contributed by atoms with Crippen LogP contribution in [0.2, 0.25) is 0 Å². The lowest BCUT2D eigenvalue weighted by molar-refractivity contribution is 0.0951. The molecule has 156 valence electrons. The first kappa shape index (κ1) is 20.6. The fraction of sp³-hybridized carbons (Fsp3) is 0.120. The third-order valence-corrected chi connectivity index (χ3v) is 5.74. The summed E-state index contributed by atoms with van der Waals surface area (Å²) in [6.45, 7) is 1.02. The number of amides is 1. The van der Waals surface area contributed by atoms with E-state index >= 15 is 0 Å². The van der Waals surface area contributed by atoms with Crippen molar-refractivity contribution in [1.29, 1.82) is 0 Å². The average Bonchev–Trinajstić information content (AvgIpc) is 3.31. The molecule has 0 fully saturated rings. The van der Waals surface area contributed by atoms with Crippen molar-refractivity contribution in [3.63, 3.8) is 0 Å². The lowest BCUT2D eigenvalue weighted by atomic mass is 10.1. The number of carbonyl (C=O) groups excluding carboxylic acids is 1. The van der Waals surface area contributed by atoms with E-state index in [0.29, 0.717) is 18.7 Å². The molecule has 0 aliphatic rings. The van der Waals surface area contributed by atoms with E-state index in [1.54, 1.807) is 18.4 Å². The highest BCUT2D eigenvalue weighted by molar-refractivity contribution is 7.13. The Bertz CT molecular complexity index is 1160. The largest absolute Gasteiger partial charge is 0.497 e. The van der Waals surface area contributed by atoms with Crippen molar-refractivity contribution in [2.24, 2.45) is 0 Å². The van der Waals surface area contributed by atoms with E-state index in [-0.39, 0.29) is 5.91 Å². The van der Waals surface area contributed by atoms with Crippen molar-refractivity contribution >= 4 is 22.9 Å². The van der Waals surface area contributed by atoms with Gasteiger partial charge in [0.05, 0.1) is 24.9 Å². The number of benzene rings is 3. The molecule has 0 atom stereocenters. The molecule has 0 aliphatic carbocycles. The van der Waals surface area contributed by atoms with E-state index in [9.17, 15) is 4.79 Å². The Labute approximate surface area is 185 Å². The topological polar surface area (TPSA) is 63.2 Å². The molecule has 0 saturated carbocycles. The molecule has 0 radical (unpaired) electrons. The third kappa shape index (κ3) is 5.29. The molecule has 1 aromatic heterocycles. The van der Waals surface area contributed by atoms with Gasteiger partial charge in [-0.25, -0.2) is 4.98 Å². The number of hydrogen-bond acceptors (Lipinski definition) is 5. The number of rotatable bonds is 8. The maximum Gasteiger partial charge on any atom is 0.253 e. The van der Waals surface area contributed by atoms with Gasteiger partial charge >= 0.3 is 0 Å². The normalized spacial score (nSPS) is 10.5. The minimum atomic E-state index is -0.109. The van der Waals surface area contributed by atoms with Crippen molar-refractivity contribution in [2.75, 3.05) is 12.4 Å². The minimum absolute atomic E-state index is 0.109. The molecule has 2 N–H and O–H groups in total. The van der Waals surface area contributed by atoms with Crippen molar-refractivity contribution in [3.8, 4) is 16.3 Å². The fourth-order valence-electron chi connectivity index (χ4n) is 3.17. The molecule has 0 saturated heterocycles. The van der Waals surface area contributed by atoms with Gasteiger partial charge in [-0.15, -0.1) is 11.3 Å². The number of nitrogens with one attached hydrogen (secondary N) is 2. The number of methoxy groups -OCH3 is 1. The molecule has 4 rings (SSSR count). The molecule has 3 aromatic carbocycles. The van der Waals surface area contributed by atoms with Gasteiger partial charge in [0, 0.05) is 23.2 Å². The first-order chi connectivity index (χ1) is 15.2. The van der Waals surface area contributed by atoms with Crippen LogP contribution in [-0.2, 0) is 13.1 Å². The summed E-state index contributed by atoms with van der Waals surface area (Å²) in [5.74, 6) is 0.699. The molecule has 0 bridgehead atoms. The van der Waals surface area contributed by atoms with Crippen LogP contribution in [0.5, 0.6) is 5.75 Å². The molecule has 4 aromatic rings. The lowest BCUT2D eigenvalue weighted by Crippen LogP contribution is -2.23. The first-order valence-electron chi connectivity index (χ1n) is 9.97. The monoisotopic (exact) mass is 429 g/mol. The van der Waals surface area contributed by atoms with Crippen LogP contribution in [0.4, 0.5) is 5.69 Å². The van der Waals surface area contributed by atoms with Gasteiger partial charge in [0.1, 0.15) is 10.8 Å². The molecule has 0 spiro atoms. The van der Waals surface area contributed by atoms with Crippen LogP contribution in [0.1, 0.15) is 21.6 Å². The number of hydrogen-bond donors (Lipinski definition) is 2. The van der Waals surface area contributed by atoms with E-state index in [1.165, 1.54) is 0 Å². The molecule has 1 heterocycles. The van der Waals surface area contributed by atoms with Crippen molar-refractivity contribution in [1.82, 2.24) is 10.3 Å². The summed E-state index contributed by atoms with van der Waals surface area (Å²) in [5.41, 5.74) is 4.40.